The number of fused-ring (bicyclic) bond motifs is 16. The molecule has 0 atom stereocenters. The summed E-state index contributed by atoms with van der Waals surface area (Å²) >= 11 is 0. The smallest absolute Gasteiger partial charge is 0.118 e. The molecular formula is C76H58N8O2. The average molecular weight is 1120 g/mol. The van der Waals surface area contributed by atoms with Gasteiger partial charge in [0.25, 0.3) is 0 Å². The van der Waals surface area contributed by atoms with E-state index >= 15 is 0 Å². The highest BCUT2D eigenvalue weighted by Crippen LogP contribution is 2.43. The largest absolute Gasteiger partial charge is 0.497 e. The van der Waals surface area contributed by atoms with Gasteiger partial charge in [-0.15, -0.1) is 0 Å². The summed E-state index contributed by atoms with van der Waals surface area (Å²) in [5, 5.41) is 0. The van der Waals surface area contributed by atoms with Gasteiger partial charge >= 0.3 is 0 Å². The van der Waals surface area contributed by atoms with E-state index in [1.807, 2.05) is 24.3 Å². The highest BCUT2D eigenvalue weighted by atomic mass is 16.5. The summed E-state index contributed by atoms with van der Waals surface area (Å²) in [7, 11) is 3.40. The topological polar surface area (TPSA) is 133 Å². The minimum absolute atomic E-state index is 0.748. The number of unbranched alkanes of at least 4 members (excludes halogenated alkanes) is 1. The third-order valence-corrected chi connectivity index (χ3v) is 16.6. The van der Waals surface area contributed by atoms with Crippen LogP contribution in [0.25, 0.3) is 160 Å². The maximum atomic E-state index is 5.77. The van der Waals surface area contributed by atoms with Crippen LogP contribution in [-0.4, -0.2) is 54.1 Å². The van der Waals surface area contributed by atoms with Gasteiger partial charge in [0.1, 0.15) is 11.5 Å². The Morgan fingerprint density at radius 1 is 0.279 bits per heavy atom. The second-order valence-electron chi connectivity index (χ2n) is 21.8. The highest BCUT2D eigenvalue weighted by Gasteiger charge is 2.24. The number of nitrogens with one attached hydrogen (secondary N) is 4. The van der Waals surface area contributed by atoms with Crippen LogP contribution in [0.3, 0.4) is 0 Å². The molecule has 4 aliphatic rings. The summed E-state index contributed by atoms with van der Waals surface area (Å²) in [5.41, 5.74) is 26.6. The van der Waals surface area contributed by atoms with Crippen molar-refractivity contribution in [2.24, 2.45) is 0 Å². The Morgan fingerprint density at radius 3 is 0.849 bits per heavy atom. The Hall–Kier alpha value is -11.1. The molecule has 0 spiro atoms. The van der Waals surface area contributed by atoms with Crippen molar-refractivity contribution in [2.45, 2.75) is 26.2 Å². The fourth-order valence-electron chi connectivity index (χ4n) is 12.5. The zero-order valence-corrected chi connectivity index (χ0v) is 47.7. The van der Waals surface area contributed by atoms with Crippen molar-refractivity contribution in [1.29, 1.82) is 0 Å². The van der Waals surface area contributed by atoms with Gasteiger partial charge in [-0.3, -0.25) is 0 Å². The van der Waals surface area contributed by atoms with Crippen LogP contribution in [0.2, 0.25) is 0 Å². The molecule has 16 bridgehead atoms. The Bertz CT molecular complexity index is 4880. The zero-order valence-electron chi connectivity index (χ0n) is 47.7. The lowest BCUT2D eigenvalue weighted by Crippen LogP contribution is -1.93. The van der Waals surface area contributed by atoms with E-state index in [-0.39, 0.29) is 0 Å². The van der Waals surface area contributed by atoms with E-state index in [1.165, 1.54) is 0 Å². The van der Waals surface area contributed by atoms with Crippen LogP contribution in [-0.2, 0) is 6.42 Å². The van der Waals surface area contributed by atoms with Crippen molar-refractivity contribution < 1.29 is 9.47 Å². The van der Waals surface area contributed by atoms with Gasteiger partial charge in [0.2, 0.25) is 0 Å². The van der Waals surface area contributed by atoms with Crippen LogP contribution in [0, 0.1) is 0 Å². The summed E-state index contributed by atoms with van der Waals surface area (Å²) in [6, 6.07) is 65.4. The van der Waals surface area contributed by atoms with E-state index in [9.17, 15) is 0 Å². The van der Waals surface area contributed by atoms with Gasteiger partial charge < -0.3 is 29.4 Å². The highest BCUT2D eigenvalue weighted by molar-refractivity contribution is 6.05. The fourth-order valence-corrected chi connectivity index (χ4v) is 12.5. The standard InChI is InChI=1S/C76H58N8O2/c1-4-5-21-53-54-30-32-56(77-54)73(49-22-26-51(85-2)27-23-49)64-40-44-68(83-64)76(69-45-41-65(84-69)74(57-33-31-55(53)78-57)50-24-28-52(86-3)29-25-50)75-66-42-38-62(81-66)71(47-17-11-7-12-18-47)60-36-34-58(79-60)70(46-15-9-6-10-16-46)59-35-37-61(80-59)72(48-19-13-8-14-20-48)63-39-43-67(75)82-63/h6-20,22-45,77,79,82,84H,4-5,21H2,1-3H3. The summed E-state index contributed by atoms with van der Waals surface area (Å²) in [5.74, 6) is 1.54. The van der Waals surface area contributed by atoms with Gasteiger partial charge in [-0.2, -0.15) is 0 Å². The predicted molar refractivity (Wildman–Crippen MR) is 356 cm³/mol. The van der Waals surface area contributed by atoms with Crippen LogP contribution in [0.1, 0.15) is 70.9 Å². The molecule has 414 valence electrons. The fraction of sp³-hybridized carbons (Fsp3) is 0.0789. The molecule has 0 unspecified atom stereocenters. The molecule has 0 radical (unpaired) electrons. The van der Waals surface area contributed by atoms with E-state index in [1.54, 1.807) is 14.2 Å². The average Bonchev–Trinajstić information content (AvgIpc) is 2.21. The number of methoxy groups -OCH3 is 2. The third-order valence-electron chi connectivity index (χ3n) is 16.6. The first-order valence-corrected chi connectivity index (χ1v) is 29.2. The van der Waals surface area contributed by atoms with Crippen molar-refractivity contribution in [3.63, 3.8) is 0 Å². The molecule has 0 saturated heterocycles. The lowest BCUT2D eigenvalue weighted by molar-refractivity contribution is 0.415. The molecule has 4 aliphatic heterocycles. The van der Waals surface area contributed by atoms with Crippen molar-refractivity contribution in [2.75, 3.05) is 14.2 Å². The maximum Gasteiger partial charge on any atom is 0.118 e. The Morgan fingerprint density at radius 2 is 0.535 bits per heavy atom. The molecule has 0 amide bonds. The Balaban J connectivity index is 1.12. The monoisotopic (exact) mass is 1110 g/mol. The van der Waals surface area contributed by atoms with Gasteiger partial charge in [0, 0.05) is 88.6 Å². The zero-order chi connectivity index (χ0) is 57.7. The number of aromatic nitrogens is 8. The van der Waals surface area contributed by atoms with Crippen molar-refractivity contribution in [3.8, 4) is 78.3 Å². The molecule has 0 saturated carbocycles. The van der Waals surface area contributed by atoms with Crippen LogP contribution in [0.4, 0.5) is 0 Å². The number of hydrogen-bond donors (Lipinski definition) is 4. The molecule has 10 heterocycles. The summed E-state index contributed by atoms with van der Waals surface area (Å²) in [4.78, 5) is 38.5. The molecule has 0 fully saturated rings. The molecule has 15 rings (SSSR count). The number of hydrogen-bond acceptors (Lipinski definition) is 6. The van der Waals surface area contributed by atoms with Gasteiger partial charge in [-0.05, 0) is 162 Å². The van der Waals surface area contributed by atoms with Gasteiger partial charge in [-0.25, -0.2) is 19.9 Å². The molecule has 86 heavy (non-hydrogen) atoms. The van der Waals surface area contributed by atoms with Gasteiger partial charge in [0.15, 0.2) is 0 Å². The molecule has 10 nitrogen and oxygen atoms in total. The summed E-state index contributed by atoms with van der Waals surface area (Å²) < 4.78 is 11.4. The quantitative estimate of drug-likeness (QED) is 0.102. The van der Waals surface area contributed by atoms with Gasteiger partial charge in [0.05, 0.1) is 59.8 Å². The summed E-state index contributed by atoms with van der Waals surface area (Å²) in [6.07, 6.45) is 20.1. The van der Waals surface area contributed by atoms with E-state index in [0.717, 1.165) is 193 Å². The van der Waals surface area contributed by atoms with E-state index < -0.39 is 0 Å². The number of rotatable bonds is 11. The van der Waals surface area contributed by atoms with Crippen LogP contribution in [0.15, 0.2) is 188 Å². The van der Waals surface area contributed by atoms with E-state index in [0.29, 0.717) is 0 Å². The summed E-state index contributed by atoms with van der Waals surface area (Å²) in [6.45, 7) is 2.23. The molecule has 10 heteroatoms. The third kappa shape index (κ3) is 9.34. The minimum Gasteiger partial charge on any atom is -0.497 e. The normalized spacial score (nSPS) is 12.3. The molecule has 0 aliphatic carbocycles. The number of ether oxygens (including phenoxy) is 2. The first-order chi connectivity index (χ1) is 42.5. The minimum atomic E-state index is 0.748. The number of aryl methyl sites for hydroxylation is 1. The lowest BCUT2D eigenvalue weighted by Gasteiger charge is -2.09. The number of nitrogens with zero attached hydrogens (tertiary/aromatic N) is 4. The van der Waals surface area contributed by atoms with Crippen molar-refractivity contribution >= 4 is 92.7 Å². The Labute approximate surface area is 497 Å². The van der Waals surface area contributed by atoms with Crippen molar-refractivity contribution in [1.82, 2.24) is 39.9 Å². The predicted octanol–water partition coefficient (Wildman–Crippen LogP) is 19.0. The van der Waals surface area contributed by atoms with Crippen LogP contribution < -0.4 is 9.47 Å². The Kier molecular flexibility index (Phi) is 13.2. The lowest BCUT2D eigenvalue weighted by atomic mass is 10.0. The number of benzene rings is 5. The number of aromatic amines is 4. The first-order valence-electron chi connectivity index (χ1n) is 29.2. The molecule has 6 aromatic heterocycles. The molecule has 4 N–H and O–H groups in total. The van der Waals surface area contributed by atoms with Gasteiger partial charge in [-0.1, -0.05) is 129 Å². The van der Waals surface area contributed by atoms with Crippen molar-refractivity contribution in [3.05, 3.63) is 239 Å². The molecule has 11 aromatic rings. The SMILES string of the molecule is CCCCc1c2nc(c(-c3ccc(OC)cc3)c3ccc([nH]3)c(-c3c4nc(c(-c5ccccc5)c5ccc([nH]5)c(-c5ccccc5)c5nc(c(-c6ccccc6)c6ccc3[nH]6)C=C5)C=C4)c3nc(c(-c4ccc(OC)cc4)c4ccc1[nH]4)C=C3)C=C2. The van der Waals surface area contributed by atoms with Crippen LogP contribution in [0.5, 0.6) is 11.5 Å². The maximum absolute atomic E-state index is 5.77. The first kappa shape index (κ1) is 51.8. The molecular weight excluding hydrogens is 1060 g/mol. The molecule has 5 aromatic carbocycles. The van der Waals surface area contributed by atoms with Crippen LogP contribution >= 0.6 is 0 Å². The second kappa shape index (κ2) is 21.9. The number of H-pyrrole nitrogens is 4. The van der Waals surface area contributed by atoms with E-state index in [4.69, 9.17) is 29.4 Å². The second-order valence-corrected chi connectivity index (χ2v) is 21.8. The van der Waals surface area contributed by atoms with E-state index in [2.05, 4.69) is 239 Å².